The molecule has 0 saturated heterocycles. The molecule has 10 heteroatoms. The van der Waals surface area contributed by atoms with Crippen molar-refractivity contribution in [3.05, 3.63) is 21.2 Å². The van der Waals surface area contributed by atoms with Crippen LogP contribution in [0.1, 0.15) is 0 Å². The molecule has 0 aliphatic heterocycles. The van der Waals surface area contributed by atoms with Crippen LogP contribution in [0.5, 0.6) is 0 Å². The van der Waals surface area contributed by atoms with E-state index >= 15 is 0 Å². The molecule has 1 aromatic heterocycles. The summed E-state index contributed by atoms with van der Waals surface area (Å²) in [6.45, 7) is 0.119. The topological polar surface area (TPSA) is 128 Å². The number of halogens is 1. The Kier molecular flexibility index (Phi) is 4.84. The molecule has 0 atom stereocenters. The first-order chi connectivity index (χ1) is 7.79. The third kappa shape index (κ3) is 4.97. The fourth-order valence-corrected chi connectivity index (χ4v) is 1.69. The van der Waals surface area contributed by atoms with E-state index < -0.39 is 19.6 Å². The lowest BCUT2D eigenvalue weighted by Crippen LogP contribution is -2.25. The van der Waals surface area contributed by atoms with Crippen molar-refractivity contribution in [3.8, 4) is 0 Å². The molecule has 8 nitrogen and oxygen atoms in total. The lowest BCUT2D eigenvalue weighted by Gasteiger charge is -2.08. The van der Waals surface area contributed by atoms with Gasteiger partial charge in [0.15, 0.2) is 0 Å². The molecule has 0 aliphatic rings. The Labute approximate surface area is 105 Å². The minimum absolute atomic E-state index is 0.0109. The molecular weight excluding hydrogens is 317 g/mol. The highest BCUT2D eigenvalue weighted by atomic mass is 79.9. The summed E-state index contributed by atoms with van der Waals surface area (Å²) in [5.41, 5.74) is 4.85. The van der Waals surface area contributed by atoms with Crippen molar-refractivity contribution in [2.24, 2.45) is 0 Å². The average molecular weight is 328 g/mol. The van der Waals surface area contributed by atoms with Crippen LogP contribution in [0.4, 0.5) is 5.82 Å². The second-order valence-corrected chi connectivity index (χ2v) is 5.59. The number of nitrogen functional groups attached to an aromatic ring is 1. The van der Waals surface area contributed by atoms with Gasteiger partial charge in [-0.3, -0.25) is 9.13 Å². The van der Waals surface area contributed by atoms with Gasteiger partial charge in [-0.25, -0.2) is 4.79 Å². The van der Waals surface area contributed by atoms with E-state index in [9.17, 15) is 9.36 Å². The van der Waals surface area contributed by atoms with Crippen LogP contribution >= 0.6 is 23.5 Å². The molecule has 0 fully saturated rings. The van der Waals surface area contributed by atoms with Gasteiger partial charge in [-0.1, -0.05) is 0 Å². The van der Waals surface area contributed by atoms with Crippen LogP contribution in [0.2, 0.25) is 0 Å². The first-order valence-electron chi connectivity index (χ1n) is 4.44. The van der Waals surface area contributed by atoms with Gasteiger partial charge in [0.25, 0.3) is 0 Å². The molecule has 0 saturated carbocycles. The van der Waals surface area contributed by atoms with Gasteiger partial charge in [-0.2, -0.15) is 4.98 Å². The van der Waals surface area contributed by atoms with Crippen molar-refractivity contribution in [1.82, 2.24) is 9.55 Å². The van der Waals surface area contributed by atoms with E-state index in [-0.39, 0.29) is 19.0 Å². The number of aromatic nitrogens is 2. The predicted octanol–water partition coefficient (Wildman–Crippen LogP) is -0.260. The van der Waals surface area contributed by atoms with Crippen molar-refractivity contribution < 1.29 is 19.1 Å². The van der Waals surface area contributed by atoms with E-state index in [0.717, 1.165) is 0 Å². The maximum absolute atomic E-state index is 11.3. The maximum Gasteiger partial charge on any atom is 0.350 e. The number of ether oxygens (including phenoxy) is 1. The molecule has 1 heterocycles. The van der Waals surface area contributed by atoms with E-state index in [4.69, 9.17) is 20.3 Å². The Morgan fingerprint density at radius 1 is 1.59 bits per heavy atom. The summed E-state index contributed by atoms with van der Waals surface area (Å²) in [6.07, 6.45) is 0.761. The van der Waals surface area contributed by atoms with Gasteiger partial charge in [0.05, 0.1) is 17.6 Å². The van der Waals surface area contributed by atoms with Crippen LogP contribution < -0.4 is 11.4 Å². The summed E-state index contributed by atoms with van der Waals surface area (Å²) >= 11 is 3.11. The lowest BCUT2D eigenvalue weighted by atomic mass is 10.5. The molecule has 0 unspecified atom stereocenters. The summed E-state index contributed by atoms with van der Waals surface area (Å²) in [6, 6.07) is 0. The van der Waals surface area contributed by atoms with E-state index in [1.807, 2.05) is 0 Å². The van der Waals surface area contributed by atoms with Gasteiger partial charge in [0, 0.05) is 6.20 Å². The molecule has 0 aromatic carbocycles. The zero-order valence-corrected chi connectivity index (χ0v) is 11.1. The van der Waals surface area contributed by atoms with Crippen molar-refractivity contribution >= 4 is 29.3 Å². The molecule has 0 spiro atoms. The maximum atomic E-state index is 11.3. The number of hydrogen-bond donors (Lipinski definition) is 3. The summed E-state index contributed by atoms with van der Waals surface area (Å²) in [5.74, 6) is 0.0855. The highest BCUT2D eigenvalue weighted by molar-refractivity contribution is 9.10. The largest absolute Gasteiger partial charge is 0.383 e. The summed E-state index contributed by atoms with van der Waals surface area (Å²) in [4.78, 5) is 31.9. The molecule has 0 amide bonds. The van der Waals surface area contributed by atoms with E-state index in [0.29, 0.717) is 4.47 Å². The van der Waals surface area contributed by atoms with E-state index in [2.05, 4.69) is 20.9 Å². The minimum atomic E-state index is -4.17. The summed E-state index contributed by atoms with van der Waals surface area (Å²) in [7, 11) is -4.17. The van der Waals surface area contributed by atoms with Crippen LogP contribution in [0, 0.1) is 0 Å². The zero-order valence-electron chi connectivity index (χ0n) is 8.61. The standard InChI is InChI=1S/C7H11BrN3O5P/c8-5-3-11(7(12)10-6(5)9)1-2-16-4-17(13,14)15/h3H,1-2,4H2,(H2,9,10,12)(H2,13,14,15). The smallest absolute Gasteiger partial charge is 0.350 e. The van der Waals surface area contributed by atoms with Gasteiger partial charge in [0.2, 0.25) is 0 Å². The SMILES string of the molecule is Nc1nc(=O)n(CCOCP(=O)(O)O)cc1Br. The molecular formula is C7H11BrN3O5P. The van der Waals surface area contributed by atoms with Crippen LogP contribution in [0.25, 0.3) is 0 Å². The third-order valence-electron chi connectivity index (χ3n) is 1.71. The van der Waals surface area contributed by atoms with Crippen LogP contribution in [-0.2, 0) is 15.8 Å². The normalized spacial score (nSPS) is 11.7. The monoisotopic (exact) mass is 327 g/mol. The number of hydrogen-bond acceptors (Lipinski definition) is 5. The Hall–Kier alpha value is -0.730. The van der Waals surface area contributed by atoms with E-state index in [1.54, 1.807) is 0 Å². The van der Waals surface area contributed by atoms with Crippen molar-refractivity contribution in [1.29, 1.82) is 0 Å². The first kappa shape index (κ1) is 14.3. The van der Waals surface area contributed by atoms with Crippen LogP contribution in [0.15, 0.2) is 15.5 Å². The average Bonchev–Trinajstić information content (AvgIpc) is 2.18. The molecule has 4 N–H and O–H groups in total. The van der Waals surface area contributed by atoms with Crippen molar-refractivity contribution in [2.45, 2.75) is 6.54 Å². The van der Waals surface area contributed by atoms with E-state index in [1.165, 1.54) is 10.8 Å². The fraction of sp³-hybridized carbons (Fsp3) is 0.429. The number of nitrogens with zero attached hydrogens (tertiary/aromatic N) is 2. The van der Waals surface area contributed by atoms with Crippen LogP contribution in [0.3, 0.4) is 0 Å². The number of anilines is 1. The quantitative estimate of drug-likeness (QED) is 0.502. The molecule has 1 aromatic rings. The minimum Gasteiger partial charge on any atom is -0.383 e. The van der Waals surface area contributed by atoms with Gasteiger partial charge >= 0.3 is 13.3 Å². The molecule has 17 heavy (non-hydrogen) atoms. The Morgan fingerprint density at radius 3 is 2.82 bits per heavy atom. The third-order valence-corrected chi connectivity index (χ3v) is 2.84. The van der Waals surface area contributed by atoms with Crippen LogP contribution in [-0.4, -0.2) is 32.3 Å². The highest BCUT2D eigenvalue weighted by Gasteiger charge is 2.12. The summed E-state index contributed by atoms with van der Waals surface area (Å²) < 4.78 is 16.9. The van der Waals surface area contributed by atoms with Gasteiger partial charge < -0.3 is 20.3 Å². The number of rotatable bonds is 5. The predicted molar refractivity (Wildman–Crippen MR) is 63.5 cm³/mol. The van der Waals surface area contributed by atoms with Gasteiger partial charge in [-0.05, 0) is 15.9 Å². The lowest BCUT2D eigenvalue weighted by molar-refractivity contribution is 0.147. The molecule has 0 aliphatic carbocycles. The fourth-order valence-electron chi connectivity index (χ4n) is 0.985. The van der Waals surface area contributed by atoms with Crippen molar-refractivity contribution in [2.75, 3.05) is 18.7 Å². The Bertz CT molecular complexity index is 499. The second-order valence-electron chi connectivity index (χ2n) is 3.15. The Balaban J connectivity index is 2.56. The zero-order chi connectivity index (χ0) is 13.1. The Morgan fingerprint density at radius 2 is 2.24 bits per heavy atom. The van der Waals surface area contributed by atoms with Crippen molar-refractivity contribution in [3.63, 3.8) is 0 Å². The molecule has 1 rings (SSSR count). The van der Waals surface area contributed by atoms with Gasteiger partial charge in [0.1, 0.15) is 12.2 Å². The molecule has 0 bridgehead atoms. The molecule has 0 radical (unpaired) electrons. The summed E-state index contributed by atoms with van der Waals surface area (Å²) in [5, 5.41) is 0. The second kappa shape index (κ2) is 5.74. The first-order valence-corrected chi connectivity index (χ1v) is 7.03. The molecule has 96 valence electrons. The van der Waals surface area contributed by atoms with Gasteiger partial charge in [-0.15, -0.1) is 0 Å². The number of nitrogens with two attached hydrogens (primary N) is 1. The highest BCUT2D eigenvalue weighted by Crippen LogP contribution is 2.33.